The van der Waals surface area contributed by atoms with E-state index in [2.05, 4.69) is 6.58 Å². The van der Waals surface area contributed by atoms with Crippen molar-refractivity contribution in [1.29, 1.82) is 0 Å². The van der Waals surface area contributed by atoms with Crippen LogP contribution in [0.15, 0.2) is 35.6 Å². The summed E-state index contributed by atoms with van der Waals surface area (Å²) in [5.74, 6) is 0.0703. The highest BCUT2D eigenvalue weighted by atomic mass is 16.3. The molecule has 1 atom stereocenters. The number of carbonyl (C=O) groups is 1. The van der Waals surface area contributed by atoms with Crippen LogP contribution in [0.4, 0.5) is 0 Å². The summed E-state index contributed by atoms with van der Waals surface area (Å²) in [6, 6.07) is 0. The van der Waals surface area contributed by atoms with Crippen LogP contribution in [0.3, 0.4) is 0 Å². The minimum absolute atomic E-state index is 0.0298. The molecular weight excluding hydrogens is 200 g/mol. The lowest BCUT2D eigenvalue weighted by atomic mass is 9.91. The van der Waals surface area contributed by atoms with Gasteiger partial charge in [-0.25, -0.2) is 0 Å². The Hall–Kier alpha value is -1.31. The van der Waals surface area contributed by atoms with E-state index in [0.29, 0.717) is 6.42 Å². The van der Waals surface area contributed by atoms with E-state index in [1.54, 1.807) is 6.08 Å². The molecule has 0 bridgehead atoms. The van der Waals surface area contributed by atoms with Crippen molar-refractivity contribution in [3.8, 4) is 0 Å². The Morgan fingerprint density at radius 1 is 1.38 bits per heavy atom. The van der Waals surface area contributed by atoms with Crippen LogP contribution < -0.4 is 0 Å². The molecule has 1 unspecified atom stereocenters. The predicted molar refractivity (Wildman–Crippen MR) is 64.1 cm³/mol. The van der Waals surface area contributed by atoms with E-state index in [9.17, 15) is 9.90 Å². The van der Waals surface area contributed by atoms with Crippen LogP contribution >= 0.6 is 0 Å². The molecule has 0 aliphatic heterocycles. The molecule has 86 valence electrons. The minimum Gasteiger partial charge on any atom is -0.504 e. The number of ketones is 1. The van der Waals surface area contributed by atoms with Crippen molar-refractivity contribution in [2.45, 2.75) is 38.5 Å². The highest BCUT2D eigenvalue weighted by Crippen LogP contribution is 2.41. The molecule has 2 aliphatic rings. The lowest BCUT2D eigenvalue weighted by Crippen LogP contribution is -2.05. The smallest absolute Gasteiger partial charge is 0.223 e. The van der Waals surface area contributed by atoms with Gasteiger partial charge in [-0.2, -0.15) is 0 Å². The van der Waals surface area contributed by atoms with Crippen LogP contribution in [0.2, 0.25) is 0 Å². The number of aliphatic hydroxyl groups excluding tert-OH is 1. The van der Waals surface area contributed by atoms with Gasteiger partial charge in [-0.1, -0.05) is 25.0 Å². The average molecular weight is 218 g/mol. The van der Waals surface area contributed by atoms with E-state index >= 15 is 0 Å². The molecule has 0 aromatic rings. The van der Waals surface area contributed by atoms with E-state index in [1.807, 2.05) is 6.08 Å². The van der Waals surface area contributed by atoms with Gasteiger partial charge in [0.1, 0.15) is 0 Å². The molecule has 1 saturated carbocycles. The number of carbonyl (C=O) groups excluding carboxylic acids is 1. The summed E-state index contributed by atoms with van der Waals surface area (Å²) in [6.45, 7) is 3.66. The summed E-state index contributed by atoms with van der Waals surface area (Å²) in [6.07, 6.45) is 9.76. The fourth-order valence-corrected chi connectivity index (χ4v) is 2.70. The Balaban J connectivity index is 2.31. The Morgan fingerprint density at radius 2 is 2.19 bits per heavy atom. The lowest BCUT2D eigenvalue weighted by molar-refractivity contribution is -0.114. The molecule has 2 aliphatic carbocycles. The molecule has 0 heterocycles. The largest absolute Gasteiger partial charge is 0.504 e. The summed E-state index contributed by atoms with van der Waals surface area (Å²) in [5, 5.41) is 9.85. The quantitative estimate of drug-likeness (QED) is 0.569. The zero-order chi connectivity index (χ0) is 11.5. The van der Waals surface area contributed by atoms with Gasteiger partial charge < -0.3 is 5.11 Å². The van der Waals surface area contributed by atoms with Crippen molar-refractivity contribution in [2.24, 2.45) is 5.92 Å². The van der Waals surface area contributed by atoms with Gasteiger partial charge in [0.05, 0.1) is 0 Å². The monoisotopic (exact) mass is 218 g/mol. The maximum atomic E-state index is 11.9. The standard InChI is InChI=1S/C14H18O2/c1-2-3-7-11-10-8-5-4-6-9-12(10)14(16)13(11)15/h2,7,10,16H,1,3-6,8-9H2/b11-7-. The highest BCUT2D eigenvalue weighted by Gasteiger charge is 2.36. The van der Waals surface area contributed by atoms with E-state index in [4.69, 9.17) is 0 Å². The second-order valence-electron chi connectivity index (χ2n) is 4.54. The summed E-state index contributed by atoms with van der Waals surface area (Å²) in [7, 11) is 0. The van der Waals surface area contributed by atoms with Gasteiger partial charge >= 0.3 is 0 Å². The second kappa shape index (κ2) is 4.69. The number of Topliss-reactive ketones (excluding diaryl/α,β-unsaturated/α-hetero) is 1. The summed E-state index contributed by atoms with van der Waals surface area (Å²) in [5.41, 5.74) is 1.78. The van der Waals surface area contributed by atoms with Gasteiger partial charge in [0.2, 0.25) is 5.78 Å². The maximum Gasteiger partial charge on any atom is 0.223 e. The molecule has 1 N–H and O–H groups in total. The van der Waals surface area contributed by atoms with E-state index in [0.717, 1.165) is 36.8 Å². The number of hydrogen-bond donors (Lipinski definition) is 1. The Kier molecular flexibility index (Phi) is 3.28. The molecule has 0 aromatic carbocycles. The van der Waals surface area contributed by atoms with Crippen LogP contribution in [0.25, 0.3) is 0 Å². The van der Waals surface area contributed by atoms with Crippen LogP contribution in [0.1, 0.15) is 38.5 Å². The minimum atomic E-state index is -0.149. The first-order chi connectivity index (χ1) is 7.75. The summed E-state index contributed by atoms with van der Waals surface area (Å²) >= 11 is 0. The third-order valence-corrected chi connectivity index (χ3v) is 3.52. The molecule has 2 nitrogen and oxygen atoms in total. The third kappa shape index (κ3) is 1.84. The average Bonchev–Trinajstić information content (AvgIpc) is 2.51. The Bertz CT molecular complexity index is 374. The van der Waals surface area contributed by atoms with Gasteiger partial charge in [-0.05, 0) is 31.3 Å². The van der Waals surface area contributed by atoms with Crippen LogP contribution in [-0.4, -0.2) is 10.9 Å². The fourth-order valence-electron chi connectivity index (χ4n) is 2.70. The van der Waals surface area contributed by atoms with Crippen molar-refractivity contribution in [3.63, 3.8) is 0 Å². The number of fused-ring (bicyclic) bond motifs is 1. The molecule has 0 aromatic heterocycles. The van der Waals surface area contributed by atoms with E-state index in [1.165, 1.54) is 6.42 Å². The molecule has 2 rings (SSSR count). The zero-order valence-electron chi connectivity index (χ0n) is 9.54. The molecular formula is C14H18O2. The van der Waals surface area contributed by atoms with Gasteiger partial charge in [0, 0.05) is 11.5 Å². The SMILES string of the molecule is C=CC/C=C1\C(=O)C(O)=C2CCCCCC21. The number of allylic oxidation sites excluding steroid dienone is 4. The van der Waals surface area contributed by atoms with Crippen LogP contribution in [0, 0.1) is 5.92 Å². The molecule has 0 amide bonds. The van der Waals surface area contributed by atoms with Crippen LogP contribution in [-0.2, 0) is 4.79 Å². The predicted octanol–water partition coefficient (Wildman–Crippen LogP) is 3.46. The number of rotatable bonds is 2. The van der Waals surface area contributed by atoms with Gasteiger partial charge in [-0.3, -0.25) is 4.79 Å². The Labute approximate surface area is 96.4 Å². The van der Waals surface area contributed by atoms with E-state index in [-0.39, 0.29) is 17.5 Å². The first-order valence-electron chi connectivity index (χ1n) is 6.03. The van der Waals surface area contributed by atoms with Crippen molar-refractivity contribution >= 4 is 5.78 Å². The number of hydrogen-bond acceptors (Lipinski definition) is 2. The summed E-state index contributed by atoms with van der Waals surface area (Å²) in [4.78, 5) is 11.9. The first kappa shape index (κ1) is 11.2. The van der Waals surface area contributed by atoms with Gasteiger partial charge in [0.15, 0.2) is 5.76 Å². The Morgan fingerprint density at radius 3 is 2.94 bits per heavy atom. The molecule has 16 heavy (non-hydrogen) atoms. The van der Waals surface area contributed by atoms with Crippen molar-refractivity contribution in [3.05, 3.63) is 35.6 Å². The molecule has 0 spiro atoms. The molecule has 0 radical (unpaired) electrons. The molecule has 1 fully saturated rings. The number of aliphatic hydroxyl groups is 1. The van der Waals surface area contributed by atoms with Gasteiger partial charge in [-0.15, -0.1) is 6.58 Å². The maximum absolute atomic E-state index is 11.9. The first-order valence-corrected chi connectivity index (χ1v) is 6.03. The van der Waals surface area contributed by atoms with Crippen molar-refractivity contribution in [1.82, 2.24) is 0 Å². The summed E-state index contributed by atoms with van der Waals surface area (Å²) < 4.78 is 0. The lowest BCUT2D eigenvalue weighted by Gasteiger charge is -2.11. The van der Waals surface area contributed by atoms with Gasteiger partial charge in [0.25, 0.3) is 0 Å². The topological polar surface area (TPSA) is 37.3 Å². The van der Waals surface area contributed by atoms with Crippen LogP contribution in [0.5, 0.6) is 0 Å². The highest BCUT2D eigenvalue weighted by molar-refractivity contribution is 6.10. The zero-order valence-corrected chi connectivity index (χ0v) is 9.54. The molecule has 2 heteroatoms. The fraction of sp³-hybridized carbons (Fsp3) is 0.500. The normalized spacial score (nSPS) is 28.1. The van der Waals surface area contributed by atoms with Crippen molar-refractivity contribution in [2.75, 3.05) is 0 Å². The molecule has 0 saturated heterocycles. The second-order valence-corrected chi connectivity index (χ2v) is 4.54. The van der Waals surface area contributed by atoms with E-state index < -0.39 is 0 Å². The third-order valence-electron chi connectivity index (χ3n) is 3.52. The van der Waals surface area contributed by atoms with Crippen molar-refractivity contribution < 1.29 is 9.90 Å².